The molecule has 0 saturated carbocycles. The predicted molar refractivity (Wildman–Crippen MR) is 144 cm³/mol. The highest BCUT2D eigenvalue weighted by atomic mass is 16.4. The summed E-state index contributed by atoms with van der Waals surface area (Å²) in [4.78, 5) is 38.2. The second-order valence-electron chi connectivity index (χ2n) is 9.31. The van der Waals surface area contributed by atoms with Gasteiger partial charge in [0.25, 0.3) is 11.8 Å². The van der Waals surface area contributed by atoms with Crippen LogP contribution in [0.2, 0.25) is 0 Å². The molecule has 0 radical (unpaired) electrons. The fraction of sp³-hybridized carbons (Fsp3) is 0.393. The van der Waals surface area contributed by atoms with Gasteiger partial charge in [-0.1, -0.05) is 63.4 Å². The molecule has 2 atom stereocenters. The largest absolute Gasteiger partial charge is 0.475 e. The van der Waals surface area contributed by atoms with E-state index in [0.29, 0.717) is 17.5 Å². The predicted octanol–water partition coefficient (Wildman–Crippen LogP) is 1.84. The van der Waals surface area contributed by atoms with Gasteiger partial charge in [-0.05, 0) is 55.0 Å². The summed E-state index contributed by atoms with van der Waals surface area (Å²) in [5.41, 5.74) is 2.15. The molecule has 0 saturated heterocycles. The standard InChI is InChI=1S/C28H36BN3O5/c1-4-5-9-22-12-15-23(16-13-22)27(34)31-24(28(35)32-25(29(36)37)18-20(2)3)19-30-26(33)17-14-21-10-7-6-8-11-21/h6-8,10-13,15-16,20,24-25,36-37H,4-5,9,18-19H2,1-3H3,(H,30,33)(H,31,34)(H,32,35)/t24-,25-/m0/s1. The van der Waals surface area contributed by atoms with Crippen molar-refractivity contribution < 1.29 is 24.4 Å². The van der Waals surface area contributed by atoms with Gasteiger partial charge in [-0.2, -0.15) is 0 Å². The summed E-state index contributed by atoms with van der Waals surface area (Å²) in [5, 5.41) is 27.2. The van der Waals surface area contributed by atoms with Gasteiger partial charge in [0, 0.05) is 23.6 Å². The van der Waals surface area contributed by atoms with Crippen molar-refractivity contribution in [3.63, 3.8) is 0 Å². The van der Waals surface area contributed by atoms with Gasteiger partial charge in [0.1, 0.15) is 6.04 Å². The summed E-state index contributed by atoms with van der Waals surface area (Å²) in [7, 11) is -1.77. The molecule has 3 amide bonds. The van der Waals surface area contributed by atoms with Gasteiger partial charge in [0.05, 0.1) is 5.94 Å². The lowest BCUT2D eigenvalue weighted by molar-refractivity contribution is -0.123. The molecule has 196 valence electrons. The van der Waals surface area contributed by atoms with E-state index in [1.165, 1.54) is 0 Å². The molecule has 0 heterocycles. The minimum atomic E-state index is -1.77. The van der Waals surface area contributed by atoms with Gasteiger partial charge in [0.2, 0.25) is 5.91 Å². The summed E-state index contributed by atoms with van der Waals surface area (Å²) in [6.45, 7) is 5.65. The number of nitrogens with one attached hydrogen (secondary N) is 3. The Labute approximate surface area is 219 Å². The van der Waals surface area contributed by atoms with Crippen LogP contribution in [0.4, 0.5) is 0 Å². The summed E-state index contributed by atoms with van der Waals surface area (Å²) >= 11 is 0. The van der Waals surface area contributed by atoms with Gasteiger partial charge in [0.15, 0.2) is 0 Å². The Balaban J connectivity index is 2.12. The Morgan fingerprint density at radius 1 is 0.973 bits per heavy atom. The minimum absolute atomic E-state index is 0.0827. The van der Waals surface area contributed by atoms with Crippen molar-refractivity contribution in [1.82, 2.24) is 16.0 Å². The second-order valence-corrected chi connectivity index (χ2v) is 9.31. The maximum Gasteiger partial charge on any atom is 0.475 e. The Hall–Kier alpha value is -3.61. The van der Waals surface area contributed by atoms with Gasteiger partial charge < -0.3 is 26.0 Å². The third kappa shape index (κ3) is 10.9. The smallest absolute Gasteiger partial charge is 0.426 e. The summed E-state index contributed by atoms with van der Waals surface area (Å²) in [6.07, 6.45) is 3.36. The Morgan fingerprint density at radius 3 is 2.24 bits per heavy atom. The Morgan fingerprint density at radius 2 is 1.65 bits per heavy atom. The van der Waals surface area contributed by atoms with E-state index in [0.717, 1.165) is 24.8 Å². The number of hydrogen-bond donors (Lipinski definition) is 5. The van der Waals surface area contributed by atoms with E-state index >= 15 is 0 Å². The molecular weight excluding hydrogens is 469 g/mol. The van der Waals surface area contributed by atoms with Crippen LogP contribution >= 0.6 is 0 Å². The molecule has 0 aliphatic carbocycles. The van der Waals surface area contributed by atoms with E-state index in [1.54, 1.807) is 36.4 Å². The molecule has 0 aliphatic heterocycles. The molecule has 5 N–H and O–H groups in total. The Bertz CT molecular complexity index is 1080. The zero-order valence-electron chi connectivity index (χ0n) is 21.7. The lowest BCUT2D eigenvalue weighted by Crippen LogP contribution is -2.57. The zero-order valence-corrected chi connectivity index (χ0v) is 21.7. The topological polar surface area (TPSA) is 128 Å². The third-order valence-corrected chi connectivity index (χ3v) is 5.63. The van der Waals surface area contributed by atoms with Crippen LogP contribution in [0.3, 0.4) is 0 Å². The van der Waals surface area contributed by atoms with Crippen molar-refractivity contribution in [2.75, 3.05) is 6.54 Å². The number of unbranched alkanes of at least 4 members (excludes halogenated alkanes) is 1. The average molecular weight is 505 g/mol. The maximum atomic E-state index is 13.0. The first-order chi connectivity index (χ1) is 17.7. The van der Waals surface area contributed by atoms with Crippen LogP contribution in [-0.2, 0) is 16.0 Å². The normalized spacial score (nSPS) is 12.1. The van der Waals surface area contributed by atoms with Crippen molar-refractivity contribution >= 4 is 24.8 Å². The molecular formula is C28H36BN3O5. The molecule has 0 fully saturated rings. The fourth-order valence-electron chi connectivity index (χ4n) is 3.59. The first-order valence-electron chi connectivity index (χ1n) is 12.6. The van der Waals surface area contributed by atoms with E-state index in [-0.39, 0.29) is 12.5 Å². The van der Waals surface area contributed by atoms with Crippen LogP contribution in [0.25, 0.3) is 0 Å². The van der Waals surface area contributed by atoms with Crippen molar-refractivity contribution in [3.8, 4) is 11.8 Å². The van der Waals surface area contributed by atoms with E-state index in [1.807, 2.05) is 32.0 Å². The highest BCUT2D eigenvalue weighted by Gasteiger charge is 2.30. The molecule has 37 heavy (non-hydrogen) atoms. The van der Waals surface area contributed by atoms with E-state index in [4.69, 9.17) is 0 Å². The van der Waals surface area contributed by atoms with E-state index in [2.05, 4.69) is 34.7 Å². The molecule has 2 aromatic carbocycles. The first-order valence-corrected chi connectivity index (χ1v) is 12.6. The van der Waals surface area contributed by atoms with Gasteiger partial charge in [-0.15, -0.1) is 0 Å². The fourth-order valence-corrected chi connectivity index (χ4v) is 3.59. The van der Waals surface area contributed by atoms with Crippen LogP contribution < -0.4 is 16.0 Å². The number of hydrogen-bond acceptors (Lipinski definition) is 5. The number of rotatable bonds is 12. The highest BCUT2D eigenvalue weighted by Crippen LogP contribution is 2.09. The van der Waals surface area contributed by atoms with Crippen molar-refractivity contribution in [1.29, 1.82) is 0 Å². The minimum Gasteiger partial charge on any atom is -0.426 e. The molecule has 9 heteroatoms. The zero-order chi connectivity index (χ0) is 27.2. The average Bonchev–Trinajstić information content (AvgIpc) is 2.88. The van der Waals surface area contributed by atoms with E-state index in [9.17, 15) is 24.4 Å². The molecule has 0 unspecified atom stereocenters. The first kappa shape index (κ1) is 29.6. The number of amides is 3. The van der Waals surface area contributed by atoms with Crippen molar-refractivity contribution in [2.45, 2.75) is 58.4 Å². The Kier molecular flexibility index (Phi) is 12.4. The highest BCUT2D eigenvalue weighted by molar-refractivity contribution is 6.43. The van der Waals surface area contributed by atoms with Crippen LogP contribution in [0, 0.1) is 17.8 Å². The lowest BCUT2D eigenvalue weighted by Gasteiger charge is -2.24. The second kappa shape index (κ2) is 15.5. The summed E-state index contributed by atoms with van der Waals surface area (Å²) in [6, 6.07) is 14.9. The lowest BCUT2D eigenvalue weighted by atomic mass is 9.75. The summed E-state index contributed by atoms with van der Waals surface area (Å²) in [5.74, 6) is 2.60. The van der Waals surface area contributed by atoms with Crippen LogP contribution in [0.1, 0.15) is 61.5 Å². The van der Waals surface area contributed by atoms with Gasteiger partial charge >= 0.3 is 7.12 Å². The van der Waals surface area contributed by atoms with Gasteiger partial charge in [-0.3, -0.25) is 14.4 Å². The quantitative estimate of drug-likeness (QED) is 0.222. The SMILES string of the molecule is CCCCc1ccc(C(=O)N[C@@H](CNC(=O)C#Cc2ccccc2)C(=O)N[C@@H](CC(C)C)B(O)O)cc1. The molecule has 0 aromatic heterocycles. The molecule has 0 spiro atoms. The van der Waals surface area contributed by atoms with Gasteiger partial charge in [-0.25, -0.2) is 0 Å². The number of benzene rings is 2. The molecule has 8 nitrogen and oxygen atoms in total. The number of carbonyl (C=O) groups is 3. The number of aryl methyl sites for hydroxylation is 1. The number of carbonyl (C=O) groups excluding carboxylic acids is 3. The molecule has 2 aromatic rings. The monoisotopic (exact) mass is 505 g/mol. The summed E-state index contributed by atoms with van der Waals surface area (Å²) < 4.78 is 0. The molecule has 0 bridgehead atoms. The van der Waals surface area contributed by atoms with Crippen molar-refractivity contribution in [3.05, 3.63) is 71.3 Å². The van der Waals surface area contributed by atoms with Crippen LogP contribution in [0.5, 0.6) is 0 Å². The third-order valence-electron chi connectivity index (χ3n) is 5.63. The maximum absolute atomic E-state index is 13.0. The van der Waals surface area contributed by atoms with Crippen molar-refractivity contribution in [2.24, 2.45) is 5.92 Å². The molecule has 2 rings (SSSR count). The van der Waals surface area contributed by atoms with Crippen LogP contribution in [-0.4, -0.2) is 53.4 Å². The van der Waals surface area contributed by atoms with Crippen LogP contribution in [0.15, 0.2) is 54.6 Å². The van der Waals surface area contributed by atoms with E-state index < -0.39 is 36.8 Å². The molecule has 0 aliphatic rings.